The lowest BCUT2D eigenvalue weighted by molar-refractivity contribution is 0.110. The van der Waals surface area contributed by atoms with Crippen molar-refractivity contribution in [2.75, 3.05) is 13.7 Å². The standard InChI is InChI=1S/C14H17ClF2N2O/c1-8(15)13-18-10-6-5-9(16)11(17)12(10)19(13)14(2,3)7-20-4/h5-6,8H,7H2,1-4H3. The van der Waals surface area contributed by atoms with Crippen molar-refractivity contribution in [2.45, 2.75) is 31.7 Å². The predicted molar refractivity (Wildman–Crippen MR) is 75.1 cm³/mol. The topological polar surface area (TPSA) is 27.1 Å². The van der Waals surface area contributed by atoms with E-state index < -0.39 is 22.6 Å². The number of methoxy groups -OCH3 is 1. The molecule has 2 rings (SSSR count). The van der Waals surface area contributed by atoms with Crippen molar-refractivity contribution in [1.29, 1.82) is 0 Å². The molecule has 0 bridgehead atoms. The Kier molecular flexibility index (Phi) is 4.02. The van der Waals surface area contributed by atoms with Crippen LogP contribution in [-0.4, -0.2) is 23.3 Å². The third-order valence-electron chi connectivity index (χ3n) is 3.19. The zero-order valence-corrected chi connectivity index (χ0v) is 12.6. The molecule has 0 N–H and O–H groups in total. The number of aromatic nitrogens is 2. The lowest BCUT2D eigenvalue weighted by Gasteiger charge is -2.29. The quantitative estimate of drug-likeness (QED) is 0.798. The molecule has 2 aromatic rings. The molecule has 0 spiro atoms. The van der Waals surface area contributed by atoms with Crippen molar-refractivity contribution in [3.63, 3.8) is 0 Å². The van der Waals surface area contributed by atoms with Gasteiger partial charge >= 0.3 is 0 Å². The highest BCUT2D eigenvalue weighted by molar-refractivity contribution is 6.20. The molecular weight excluding hydrogens is 286 g/mol. The van der Waals surface area contributed by atoms with Crippen LogP contribution in [0.3, 0.4) is 0 Å². The van der Waals surface area contributed by atoms with E-state index in [9.17, 15) is 8.78 Å². The van der Waals surface area contributed by atoms with E-state index in [1.54, 1.807) is 18.6 Å². The average Bonchev–Trinajstić information content (AvgIpc) is 2.75. The number of benzene rings is 1. The fourth-order valence-corrected chi connectivity index (χ4v) is 2.56. The molecule has 1 aromatic carbocycles. The van der Waals surface area contributed by atoms with Crippen LogP contribution in [0.4, 0.5) is 8.78 Å². The number of nitrogens with zero attached hydrogens (tertiary/aromatic N) is 2. The van der Waals surface area contributed by atoms with Crippen LogP contribution < -0.4 is 0 Å². The largest absolute Gasteiger partial charge is 0.382 e. The van der Waals surface area contributed by atoms with Gasteiger partial charge in [-0.2, -0.15) is 0 Å². The van der Waals surface area contributed by atoms with E-state index in [-0.39, 0.29) is 5.52 Å². The van der Waals surface area contributed by atoms with E-state index in [0.29, 0.717) is 17.9 Å². The average molecular weight is 303 g/mol. The van der Waals surface area contributed by atoms with Gasteiger partial charge in [0, 0.05) is 7.11 Å². The smallest absolute Gasteiger partial charge is 0.184 e. The number of imidazole rings is 1. The summed E-state index contributed by atoms with van der Waals surface area (Å²) in [5.41, 5.74) is -0.0958. The molecule has 0 aliphatic rings. The summed E-state index contributed by atoms with van der Waals surface area (Å²) in [6, 6.07) is 2.52. The molecule has 6 heteroatoms. The van der Waals surface area contributed by atoms with Crippen molar-refractivity contribution >= 4 is 22.6 Å². The molecule has 0 aliphatic carbocycles. The summed E-state index contributed by atoms with van der Waals surface area (Å²) in [6.07, 6.45) is 0. The molecule has 1 aromatic heterocycles. The maximum absolute atomic E-state index is 14.2. The second-order valence-corrected chi connectivity index (χ2v) is 6.05. The Labute approximate surface area is 121 Å². The third kappa shape index (κ3) is 2.40. The van der Waals surface area contributed by atoms with E-state index in [2.05, 4.69) is 4.98 Å². The molecule has 1 unspecified atom stereocenters. The number of hydrogen-bond donors (Lipinski definition) is 0. The zero-order valence-electron chi connectivity index (χ0n) is 11.9. The van der Waals surface area contributed by atoms with Crippen molar-refractivity contribution in [2.24, 2.45) is 0 Å². The van der Waals surface area contributed by atoms with Gasteiger partial charge in [-0.05, 0) is 32.9 Å². The minimum absolute atomic E-state index is 0.120. The number of halogens is 3. The number of ether oxygens (including phenoxy) is 1. The number of rotatable bonds is 4. The summed E-state index contributed by atoms with van der Waals surface area (Å²) in [4.78, 5) is 4.33. The highest BCUT2D eigenvalue weighted by Crippen LogP contribution is 2.33. The third-order valence-corrected chi connectivity index (χ3v) is 3.39. The number of alkyl halides is 1. The Hall–Kier alpha value is -1.20. The molecule has 0 saturated heterocycles. The van der Waals surface area contributed by atoms with Gasteiger partial charge in [0.25, 0.3) is 0 Å². The monoisotopic (exact) mass is 302 g/mol. The van der Waals surface area contributed by atoms with E-state index in [1.165, 1.54) is 6.07 Å². The fraction of sp³-hybridized carbons (Fsp3) is 0.500. The normalized spacial score (nSPS) is 13.9. The molecule has 0 amide bonds. The second-order valence-electron chi connectivity index (χ2n) is 5.40. The Morgan fingerprint density at radius 1 is 1.40 bits per heavy atom. The van der Waals surface area contributed by atoms with Gasteiger partial charge in [-0.15, -0.1) is 11.6 Å². The molecule has 1 heterocycles. The number of fused-ring (bicyclic) bond motifs is 1. The molecule has 1 atom stereocenters. The van der Waals surface area contributed by atoms with Gasteiger partial charge < -0.3 is 9.30 Å². The zero-order chi connectivity index (χ0) is 15.1. The predicted octanol–water partition coefficient (Wildman–Crippen LogP) is 4.00. The van der Waals surface area contributed by atoms with Gasteiger partial charge in [0.05, 0.1) is 23.0 Å². The summed E-state index contributed by atoms with van der Waals surface area (Å²) >= 11 is 6.14. The molecule has 3 nitrogen and oxygen atoms in total. The Bertz CT molecular complexity index is 638. The highest BCUT2D eigenvalue weighted by atomic mass is 35.5. The Balaban J connectivity index is 2.84. The maximum Gasteiger partial charge on any atom is 0.184 e. The first-order valence-corrected chi connectivity index (χ1v) is 6.73. The van der Waals surface area contributed by atoms with Crippen molar-refractivity contribution < 1.29 is 13.5 Å². The van der Waals surface area contributed by atoms with E-state index in [4.69, 9.17) is 16.3 Å². The summed E-state index contributed by atoms with van der Waals surface area (Å²) in [6.45, 7) is 5.80. The van der Waals surface area contributed by atoms with Crippen molar-refractivity contribution in [1.82, 2.24) is 9.55 Å². The van der Waals surface area contributed by atoms with Crippen LogP contribution >= 0.6 is 11.6 Å². The first-order valence-electron chi connectivity index (χ1n) is 6.29. The van der Waals surface area contributed by atoms with Gasteiger partial charge in [0.2, 0.25) is 0 Å². The van der Waals surface area contributed by atoms with Gasteiger partial charge in [-0.1, -0.05) is 0 Å². The lowest BCUT2D eigenvalue weighted by Crippen LogP contribution is -2.33. The van der Waals surface area contributed by atoms with Gasteiger partial charge in [0.1, 0.15) is 11.3 Å². The van der Waals surface area contributed by atoms with E-state index in [0.717, 1.165) is 6.07 Å². The van der Waals surface area contributed by atoms with Crippen LogP contribution in [0, 0.1) is 11.6 Å². The first kappa shape index (κ1) is 15.2. The Morgan fingerprint density at radius 3 is 2.60 bits per heavy atom. The van der Waals surface area contributed by atoms with Crippen LogP contribution in [0.1, 0.15) is 32.0 Å². The SMILES string of the molecule is COCC(C)(C)n1c(C(C)Cl)nc2ccc(F)c(F)c21. The van der Waals surface area contributed by atoms with Crippen LogP contribution in [0.5, 0.6) is 0 Å². The second kappa shape index (κ2) is 5.30. The summed E-state index contributed by atoms with van der Waals surface area (Å²) in [5, 5.41) is -0.430. The first-order chi connectivity index (χ1) is 9.29. The Morgan fingerprint density at radius 2 is 2.05 bits per heavy atom. The molecule has 110 valence electrons. The van der Waals surface area contributed by atoms with Crippen molar-refractivity contribution in [3.8, 4) is 0 Å². The van der Waals surface area contributed by atoms with Crippen LogP contribution in [0.2, 0.25) is 0 Å². The lowest BCUT2D eigenvalue weighted by atomic mass is 10.1. The highest BCUT2D eigenvalue weighted by Gasteiger charge is 2.30. The van der Waals surface area contributed by atoms with Crippen molar-refractivity contribution in [3.05, 3.63) is 29.6 Å². The minimum Gasteiger partial charge on any atom is -0.382 e. The molecule has 0 radical (unpaired) electrons. The van der Waals surface area contributed by atoms with E-state index in [1.807, 2.05) is 13.8 Å². The summed E-state index contributed by atoms with van der Waals surface area (Å²) in [7, 11) is 1.56. The van der Waals surface area contributed by atoms with Crippen LogP contribution in [0.15, 0.2) is 12.1 Å². The molecule has 0 fully saturated rings. The summed E-state index contributed by atoms with van der Waals surface area (Å²) < 4.78 is 34.5. The summed E-state index contributed by atoms with van der Waals surface area (Å²) in [5.74, 6) is -1.32. The van der Waals surface area contributed by atoms with Crippen LogP contribution in [0.25, 0.3) is 11.0 Å². The molecule has 20 heavy (non-hydrogen) atoms. The van der Waals surface area contributed by atoms with Gasteiger partial charge in [0.15, 0.2) is 11.6 Å². The van der Waals surface area contributed by atoms with E-state index >= 15 is 0 Å². The van der Waals surface area contributed by atoms with Gasteiger partial charge in [-0.25, -0.2) is 13.8 Å². The minimum atomic E-state index is -0.914. The van der Waals surface area contributed by atoms with Crippen LogP contribution in [-0.2, 0) is 10.3 Å². The van der Waals surface area contributed by atoms with Gasteiger partial charge in [-0.3, -0.25) is 0 Å². The maximum atomic E-state index is 14.2. The molecule has 0 aliphatic heterocycles. The molecule has 0 saturated carbocycles. The number of hydrogen-bond acceptors (Lipinski definition) is 2. The fourth-order valence-electron chi connectivity index (χ4n) is 2.42. The molecular formula is C14H17ClF2N2O.